The molecular formula is C11H9ClN2O3. The summed E-state index contributed by atoms with van der Waals surface area (Å²) < 4.78 is 9.79. The molecule has 0 aliphatic carbocycles. The highest BCUT2D eigenvalue weighted by Gasteiger charge is 2.14. The van der Waals surface area contributed by atoms with Crippen LogP contribution in [0.3, 0.4) is 0 Å². The van der Waals surface area contributed by atoms with Gasteiger partial charge in [0.05, 0.1) is 11.6 Å². The number of ether oxygens (including phenoxy) is 1. The van der Waals surface area contributed by atoms with Crippen molar-refractivity contribution in [1.82, 2.24) is 10.1 Å². The SMILES string of the molecule is CCOC(=O)c1cc(-c2ccc(Cl)cn2)on1. The third-order valence-electron chi connectivity index (χ3n) is 1.97. The third kappa shape index (κ3) is 2.62. The van der Waals surface area contributed by atoms with E-state index >= 15 is 0 Å². The zero-order valence-corrected chi connectivity index (χ0v) is 9.77. The van der Waals surface area contributed by atoms with E-state index in [-0.39, 0.29) is 5.69 Å². The minimum absolute atomic E-state index is 0.124. The van der Waals surface area contributed by atoms with E-state index in [4.69, 9.17) is 20.9 Å². The molecule has 0 bridgehead atoms. The largest absolute Gasteiger partial charge is 0.461 e. The first-order valence-corrected chi connectivity index (χ1v) is 5.34. The van der Waals surface area contributed by atoms with Crippen LogP contribution >= 0.6 is 11.6 Å². The fraction of sp³-hybridized carbons (Fsp3) is 0.182. The fourth-order valence-electron chi connectivity index (χ4n) is 1.22. The van der Waals surface area contributed by atoms with Gasteiger partial charge in [-0.25, -0.2) is 4.79 Å². The Balaban J connectivity index is 2.23. The van der Waals surface area contributed by atoms with Gasteiger partial charge in [0.1, 0.15) is 5.69 Å². The standard InChI is InChI=1S/C11H9ClN2O3/c1-2-16-11(15)9-5-10(17-14-9)8-4-3-7(12)6-13-8/h3-6H,2H2,1H3. The van der Waals surface area contributed by atoms with Gasteiger partial charge in [0.2, 0.25) is 0 Å². The normalized spacial score (nSPS) is 10.2. The van der Waals surface area contributed by atoms with E-state index in [0.29, 0.717) is 23.1 Å². The zero-order chi connectivity index (χ0) is 12.3. The predicted octanol–water partition coefficient (Wildman–Crippen LogP) is 2.57. The number of rotatable bonds is 3. The number of carbonyl (C=O) groups is 1. The van der Waals surface area contributed by atoms with Crippen molar-refractivity contribution in [1.29, 1.82) is 0 Å². The summed E-state index contributed by atoms with van der Waals surface area (Å²) in [5.41, 5.74) is 0.677. The van der Waals surface area contributed by atoms with Crippen molar-refractivity contribution in [3.8, 4) is 11.5 Å². The van der Waals surface area contributed by atoms with Crippen molar-refractivity contribution in [2.24, 2.45) is 0 Å². The smallest absolute Gasteiger partial charge is 0.360 e. The number of aromatic nitrogens is 2. The second-order valence-electron chi connectivity index (χ2n) is 3.16. The average Bonchev–Trinajstić information content (AvgIpc) is 2.80. The molecule has 0 aliphatic rings. The molecule has 0 unspecified atom stereocenters. The van der Waals surface area contributed by atoms with E-state index in [1.807, 2.05) is 0 Å². The fourth-order valence-corrected chi connectivity index (χ4v) is 1.33. The van der Waals surface area contributed by atoms with Crippen LogP contribution in [0.25, 0.3) is 11.5 Å². The van der Waals surface area contributed by atoms with Gasteiger partial charge in [0.15, 0.2) is 11.5 Å². The van der Waals surface area contributed by atoms with Crippen molar-refractivity contribution in [3.63, 3.8) is 0 Å². The molecule has 6 heteroatoms. The molecule has 2 heterocycles. The van der Waals surface area contributed by atoms with Gasteiger partial charge in [-0.15, -0.1) is 0 Å². The van der Waals surface area contributed by atoms with Crippen molar-refractivity contribution in [2.75, 3.05) is 6.61 Å². The second kappa shape index (κ2) is 4.97. The van der Waals surface area contributed by atoms with E-state index in [2.05, 4.69) is 10.1 Å². The quantitative estimate of drug-likeness (QED) is 0.786. The second-order valence-corrected chi connectivity index (χ2v) is 3.59. The molecule has 0 atom stereocenters. The van der Waals surface area contributed by atoms with Crippen LogP contribution in [0.4, 0.5) is 0 Å². The van der Waals surface area contributed by atoms with E-state index in [9.17, 15) is 4.79 Å². The molecule has 0 amide bonds. The predicted molar refractivity (Wildman–Crippen MR) is 60.7 cm³/mol. The number of hydrogen-bond donors (Lipinski definition) is 0. The molecule has 0 aromatic carbocycles. The maximum atomic E-state index is 11.4. The van der Waals surface area contributed by atoms with Crippen LogP contribution in [0.1, 0.15) is 17.4 Å². The molecular weight excluding hydrogens is 244 g/mol. The highest BCUT2D eigenvalue weighted by atomic mass is 35.5. The molecule has 2 aromatic heterocycles. The molecule has 2 rings (SSSR count). The van der Waals surface area contributed by atoms with Gasteiger partial charge in [-0.05, 0) is 19.1 Å². The van der Waals surface area contributed by atoms with E-state index in [1.54, 1.807) is 19.1 Å². The number of hydrogen-bond acceptors (Lipinski definition) is 5. The van der Waals surface area contributed by atoms with Gasteiger partial charge in [-0.2, -0.15) is 0 Å². The summed E-state index contributed by atoms with van der Waals surface area (Å²) in [6.45, 7) is 2.01. The summed E-state index contributed by atoms with van der Waals surface area (Å²) in [5.74, 6) is -0.124. The Morgan fingerprint density at radius 1 is 1.53 bits per heavy atom. The Labute approximate surface area is 102 Å². The highest BCUT2D eigenvalue weighted by molar-refractivity contribution is 6.30. The maximum absolute atomic E-state index is 11.4. The molecule has 0 fully saturated rings. The lowest BCUT2D eigenvalue weighted by Crippen LogP contribution is -2.04. The lowest BCUT2D eigenvalue weighted by molar-refractivity contribution is 0.0514. The molecule has 5 nitrogen and oxygen atoms in total. The number of carbonyl (C=O) groups excluding carboxylic acids is 1. The van der Waals surface area contributed by atoms with Crippen molar-refractivity contribution in [2.45, 2.75) is 6.92 Å². The Kier molecular flexibility index (Phi) is 3.39. The van der Waals surface area contributed by atoms with Gasteiger partial charge >= 0.3 is 5.97 Å². The Hall–Kier alpha value is -1.88. The zero-order valence-electron chi connectivity index (χ0n) is 9.01. The third-order valence-corrected chi connectivity index (χ3v) is 2.20. The monoisotopic (exact) mass is 252 g/mol. The number of esters is 1. The van der Waals surface area contributed by atoms with Crippen LogP contribution < -0.4 is 0 Å². The van der Waals surface area contributed by atoms with Crippen LogP contribution in [0.2, 0.25) is 5.02 Å². The van der Waals surface area contributed by atoms with Crippen LogP contribution in [0.15, 0.2) is 28.9 Å². The van der Waals surface area contributed by atoms with E-state index < -0.39 is 5.97 Å². The summed E-state index contributed by atoms with van der Waals surface area (Å²) in [6, 6.07) is 4.84. The average molecular weight is 253 g/mol. The first-order valence-electron chi connectivity index (χ1n) is 4.96. The molecule has 17 heavy (non-hydrogen) atoms. The summed E-state index contributed by atoms with van der Waals surface area (Å²) >= 11 is 5.71. The number of halogens is 1. The van der Waals surface area contributed by atoms with Crippen molar-refractivity contribution in [3.05, 3.63) is 35.1 Å². The van der Waals surface area contributed by atoms with E-state index in [0.717, 1.165) is 0 Å². The summed E-state index contributed by atoms with van der Waals surface area (Å²) in [5, 5.41) is 4.14. The molecule has 0 spiro atoms. The number of nitrogens with zero attached hydrogens (tertiary/aromatic N) is 2. The first-order chi connectivity index (χ1) is 8.20. The molecule has 2 aromatic rings. The lowest BCUT2D eigenvalue weighted by Gasteiger charge is -1.94. The molecule has 0 aliphatic heterocycles. The van der Waals surface area contributed by atoms with Gasteiger partial charge in [0, 0.05) is 12.3 Å². The molecule has 0 saturated heterocycles. The Morgan fingerprint density at radius 2 is 2.35 bits per heavy atom. The topological polar surface area (TPSA) is 65.2 Å². The first kappa shape index (κ1) is 11.6. The van der Waals surface area contributed by atoms with Gasteiger partial charge < -0.3 is 9.26 Å². The summed E-state index contributed by atoms with van der Waals surface area (Å²) in [7, 11) is 0. The molecule has 0 saturated carbocycles. The van der Waals surface area contributed by atoms with Gasteiger partial charge in [0.25, 0.3) is 0 Å². The van der Waals surface area contributed by atoms with Gasteiger partial charge in [-0.3, -0.25) is 4.98 Å². The van der Waals surface area contributed by atoms with Crippen molar-refractivity contribution < 1.29 is 14.1 Å². The van der Waals surface area contributed by atoms with Gasteiger partial charge in [-0.1, -0.05) is 16.8 Å². The van der Waals surface area contributed by atoms with Crippen LogP contribution in [-0.2, 0) is 4.74 Å². The van der Waals surface area contributed by atoms with Crippen LogP contribution in [-0.4, -0.2) is 22.7 Å². The minimum Gasteiger partial charge on any atom is -0.461 e. The molecule has 0 N–H and O–H groups in total. The van der Waals surface area contributed by atoms with Crippen LogP contribution in [0, 0.1) is 0 Å². The summed E-state index contributed by atoms with van der Waals surface area (Å²) in [6.07, 6.45) is 1.49. The Morgan fingerprint density at radius 3 is 3.00 bits per heavy atom. The highest BCUT2D eigenvalue weighted by Crippen LogP contribution is 2.19. The van der Waals surface area contributed by atoms with Crippen molar-refractivity contribution >= 4 is 17.6 Å². The van der Waals surface area contributed by atoms with E-state index in [1.165, 1.54) is 12.3 Å². The molecule has 0 radical (unpaired) electrons. The van der Waals surface area contributed by atoms with Crippen LogP contribution in [0.5, 0.6) is 0 Å². The minimum atomic E-state index is -0.517. The number of pyridine rings is 1. The maximum Gasteiger partial charge on any atom is 0.360 e. The summed E-state index contributed by atoms with van der Waals surface area (Å²) in [4.78, 5) is 15.4. The molecule has 88 valence electrons. The lowest BCUT2D eigenvalue weighted by atomic mass is 10.2. The Bertz CT molecular complexity index is 522.